The second-order valence-corrected chi connectivity index (χ2v) is 12.1. The minimum absolute atomic E-state index is 0.117. The third kappa shape index (κ3) is 9.57. The zero-order valence-electron chi connectivity index (χ0n) is 26.7. The normalized spacial score (nSPS) is 18.5. The number of halogens is 3. The Morgan fingerprint density at radius 2 is 1.69 bits per heavy atom. The third-order valence-corrected chi connectivity index (χ3v) is 8.67. The van der Waals surface area contributed by atoms with Gasteiger partial charge in [-0.25, -0.2) is 15.0 Å². The summed E-state index contributed by atoms with van der Waals surface area (Å²) in [4.78, 5) is 27.0. The Morgan fingerprint density at radius 3 is 2.39 bits per heavy atom. The number of nitrogens with one attached hydrogen (secondary N) is 3. The van der Waals surface area contributed by atoms with Crippen LogP contribution in [0.2, 0.25) is 0 Å². The van der Waals surface area contributed by atoms with E-state index in [0.717, 1.165) is 61.7 Å². The highest BCUT2D eigenvalue weighted by molar-refractivity contribution is 5.77. The van der Waals surface area contributed by atoms with Crippen LogP contribution < -0.4 is 30.3 Å². The molecule has 0 bridgehead atoms. The first kappa shape index (κ1) is 33.9. The molecule has 2 aromatic carbocycles. The summed E-state index contributed by atoms with van der Waals surface area (Å²) in [7, 11) is 0. The second kappa shape index (κ2) is 15.5. The number of ether oxygens (including phenoxy) is 2. The number of benzene rings is 2. The molecule has 2 unspecified atom stereocenters. The first-order chi connectivity index (χ1) is 23.7. The Hall–Kier alpha value is -4.95. The minimum Gasteiger partial charge on any atom is -0.492 e. The van der Waals surface area contributed by atoms with Crippen molar-refractivity contribution in [2.24, 2.45) is 5.92 Å². The van der Waals surface area contributed by atoms with Gasteiger partial charge in [0.15, 0.2) is 0 Å². The lowest BCUT2D eigenvalue weighted by Crippen LogP contribution is -2.43. The van der Waals surface area contributed by atoms with Crippen molar-refractivity contribution in [1.29, 1.82) is 0 Å². The second-order valence-electron chi connectivity index (χ2n) is 12.1. The van der Waals surface area contributed by atoms with E-state index in [1.165, 1.54) is 30.6 Å². The number of aliphatic hydroxyl groups is 1. The summed E-state index contributed by atoms with van der Waals surface area (Å²) < 4.78 is 47.1. The molecule has 1 amide bonds. The van der Waals surface area contributed by atoms with E-state index in [2.05, 4.69) is 40.5 Å². The summed E-state index contributed by atoms with van der Waals surface area (Å²) in [5, 5.41) is 19.4. The maximum Gasteiger partial charge on any atom is 0.573 e. The van der Waals surface area contributed by atoms with Gasteiger partial charge in [0.05, 0.1) is 5.69 Å². The van der Waals surface area contributed by atoms with E-state index in [1.807, 2.05) is 42.6 Å². The lowest BCUT2D eigenvalue weighted by atomic mass is 9.90. The molecule has 14 heteroatoms. The van der Waals surface area contributed by atoms with Crippen molar-refractivity contribution in [1.82, 2.24) is 25.6 Å². The molecule has 4 N–H and O–H groups in total. The molecule has 2 aliphatic heterocycles. The van der Waals surface area contributed by atoms with Crippen LogP contribution in [0.1, 0.15) is 37.2 Å². The van der Waals surface area contributed by atoms with Crippen LogP contribution in [0.4, 0.5) is 30.5 Å². The molecule has 2 aliphatic rings. The molecule has 49 heavy (non-hydrogen) atoms. The molecule has 2 saturated heterocycles. The van der Waals surface area contributed by atoms with Crippen molar-refractivity contribution in [3.63, 3.8) is 0 Å². The van der Waals surface area contributed by atoms with Crippen LogP contribution in [-0.4, -0.2) is 71.3 Å². The quantitative estimate of drug-likeness (QED) is 0.145. The number of alkyl halides is 3. The van der Waals surface area contributed by atoms with Crippen molar-refractivity contribution < 1.29 is 32.5 Å². The molecular weight excluding hydrogens is 639 g/mol. The van der Waals surface area contributed by atoms with Crippen molar-refractivity contribution in [2.75, 3.05) is 43.0 Å². The van der Waals surface area contributed by atoms with E-state index in [1.54, 1.807) is 6.07 Å². The molecule has 11 nitrogen and oxygen atoms in total. The first-order valence-corrected chi connectivity index (χ1v) is 16.3. The SMILES string of the molecule is O=C1CCC(c2ccc(N3CCC(CNCCOc4ccc(-c5cc(Nc6ccc(OC(F)(F)F)cc6)ncn5)cc4)CC3)nc2)C(O)N1. The number of hydrogen-bond donors (Lipinski definition) is 4. The Bertz CT molecular complexity index is 1670. The van der Waals surface area contributed by atoms with E-state index < -0.39 is 12.6 Å². The monoisotopic (exact) mass is 677 g/mol. The van der Waals surface area contributed by atoms with Gasteiger partial charge in [0, 0.05) is 55.5 Å². The predicted molar refractivity (Wildman–Crippen MR) is 178 cm³/mol. The van der Waals surface area contributed by atoms with E-state index >= 15 is 0 Å². The topological polar surface area (TPSA) is 134 Å². The van der Waals surface area contributed by atoms with Crippen LogP contribution >= 0.6 is 0 Å². The number of carbonyl (C=O) groups excluding carboxylic acids is 1. The van der Waals surface area contributed by atoms with E-state index in [4.69, 9.17) is 4.74 Å². The van der Waals surface area contributed by atoms with Crippen LogP contribution in [0.3, 0.4) is 0 Å². The maximum atomic E-state index is 12.4. The number of anilines is 3. The Balaban J connectivity index is 0.887. The number of hydrogen-bond acceptors (Lipinski definition) is 10. The zero-order chi connectivity index (χ0) is 34.2. The smallest absolute Gasteiger partial charge is 0.492 e. The van der Waals surface area contributed by atoms with Crippen LogP contribution in [0, 0.1) is 5.92 Å². The van der Waals surface area contributed by atoms with Gasteiger partial charge in [-0.15, -0.1) is 13.2 Å². The van der Waals surface area contributed by atoms with Gasteiger partial charge in [-0.3, -0.25) is 4.79 Å². The fourth-order valence-electron chi connectivity index (χ4n) is 6.04. The molecule has 2 fully saturated rings. The fraction of sp³-hybridized carbons (Fsp3) is 0.371. The molecular formula is C35H38F3N7O4. The van der Waals surface area contributed by atoms with E-state index in [0.29, 0.717) is 42.6 Å². The number of nitrogens with zero attached hydrogens (tertiary/aromatic N) is 4. The average molecular weight is 678 g/mol. The van der Waals surface area contributed by atoms with Gasteiger partial charge in [0.1, 0.15) is 42.3 Å². The van der Waals surface area contributed by atoms with Crippen LogP contribution in [0.5, 0.6) is 11.5 Å². The lowest BCUT2D eigenvalue weighted by molar-refractivity contribution is -0.274. The molecule has 4 heterocycles. The summed E-state index contributed by atoms with van der Waals surface area (Å²) in [6.07, 6.45) is 0.791. The van der Waals surface area contributed by atoms with Crippen molar-refractivity contribution >= 4 is 23.2 Å². The molecule has 2 atom stereocenters. The van der Waals surface area contributed by atoms with Crippen LogP contribution in [0.15, 0.2) is 79.3 Å². The number of piperidine rings is 2. The van der Waals surface area contributed by atoms with E-state index in [-0.39, 0.29) is 17.6 Å². The van der Waals surface area contributed by atoms with Crippen molar-refractivity contribution in [3.05, 3.63) is 84.8 Å². The standard InChI is InChI=1S/C35H38F3N7O4/c36-35(37,38)49-28-8-4-26(5-9-28)43-31-19-30(41-22-42-31)24-1-6-27(7-2-24)48-18-15-39-20-23-13-16-45(17-14-23)32-11-3-25(21-40-32)29-10-12-33(46)44-34(29)47/h1-9,11,19,21-23,29,34,39,47H,10,12-18,20H2,(H,44,46)(H,41,42,43). The molecule has 0 aliphatic carbocycles. The number of amides is 1. The Kier molecular flexibility index (Phi) is 10.7. The predicted octanol–water partition coefficient (Wildman–Crippen LogP) is 5.38. The van der Waals surface area contributed by atoms with Gasteiger partial charge in [0.2, 0.25) is 5.91 Å². The number of aromatic nitrogens is 3. The highest BCUT2D eigenvalue weighted by Gasteiger charge is 2.31. The van der Waals surface area contributed by atoms with Crippen molar-refractivity contribution in [3.8, 4) is 22.8 Å². The van der Waals surface area contributed by atoms with Gasteiger partial charge in [0.25, 0.3) is 0 Å². The fourth-order valence-corrected chi connectivity index (χ4v) is 6.04. The summed E-state index contributed by atoms with van der Waals surface area (Å²) in [6.45, 7) is 4.04. The summed E-state index contributed by atoms with van der Waals surface area (Å²) in [6, 6.07) is 18.8. The third-order valence-electron chi connectivity index (χ3n) is 8.67. The van der Waals surface area contributed by atoms with Gasteiger partial charge < -0.3 is 35.4 Å². The highest BCUT2D eigenvalue weighted by atomic mass is 19.4. The Morgan fingerprint density at radius 1 is 0.939 bits per heavy atom. The largest absolute Gasteiger partial charge is 0.573 e. The number of rotatable bonds is 12. The molecule has 0 radical (unpaired) electrons. The van der Waals surface area contributed by atoms with Crippen LogP contribution in [-0.2, 0) is 4.79 Å². The number of pyridine rings is 1. The maximum absolute atomic E-state index is 12.4. The zero-order valence-corrected chi connectivity index (χ0v) is 26.7. The van der Waals surface area contributed by atoms with E-state index in [9.17, 15) is 23.1 Å². The first-order valence-electron chi connectivity index (χ1n) is 16.3. The molecule has 0 spiro atoms. The molecule has 4 aromatic rings. The van der Waals surface area contributed by atoms with Crippen LogP contribution in [0.25, 0.3) is 11.3 Å². The lowest BCUT2D eigenvalue weighted by Gasteiger charge is -2.33. The average Bonchev–Trinajstić information content (AvgIpc) is 3.09. The molecule has 2 aromatic heterocycles. The Labute approximate surface area is 281 Å². The number of aliphatic hydroxyl groups excluding tert-OH is 1. The van der Waals surface area contributed by atoms with Gasteiger partial charge in [-0.05, 0) is 91.9 Å². The van der Waals surface area contributed by atoms with Gasteiger partial charge >= 0.3 is 6.36 Å². The summed E-state index contributed by atoms with van der Waals surface area (Å²) in [5.74, 6) is 2.20. The molecule has 0 saturated carbocycles. The summed E-state index contributed by atoms with van der Waals surface area (Å²) >= 11 is 0. The van der Waals surface area contributed by atoms with Crippen molar-refractivity contribution in [2.45, 2.75) is 44.2 Å². The van der Waals surface area contributed by atoms with Gasteiger partial charge in [-0.1, -0.05) is 6.07 Å². The summed E-state index contributed by atoms with van der Waals surface area (Å²) in [5.41, 5.74) is 3.03. The molecule has 258 valence electrons. The number of carbonyl (C=O) groups is 1. The van der Waals surface area contributed by atoms with Gasteiger partial charge in [-0.2, -0.15) is 0 Å². The minimum atomic E-state index is -4.74. The molecule has 6 rings (SSSR count). The highest BCUT2D eigenvalue weighted by Crippen LogP contribution is 2.30.